The third kappa shape index (κ3) is 5.26. The molecule has 8 nitrogen and oxygen atoms in total. The van der Waals surface area contributed by atoms with Gasteiger partial charge in [0, 0.05) is 29.6 Å². The van der Waals surface area contributed by atoms with Crippen molar-refractivity contribution in [3.05, 3.63) is 54.0 Å². The molecule has 1 aliphatic heterocycles. The predicted molar refractivity (Wildman–Crippen MR) is 131 cm³/mol. The first kappa shape index (κ1) is 24.1. The molecule has 1 aromatic carbocycles. The standard InChI is InChI=1S/C22H26N6O2S.H2S/c1-14-3-4-18(31(29,30)27-12-16-5-7-24-11-16)10-19(14)20-13-26-22(23)21(28-20)17-6-8-25-15(2)9-17;/h3-4,6,8-10,13,16,24,27H,5,7,11-12H2,1-2H3,(H2,23,26);1H2/t16-;/m0./s1. The van der Waals surface area contributed by atoms with Crippen LogP contribution in [0.15, 0.2) is 47.6 Å². The van der Waals surface area contributed by atoms with Gasteiger partial charge >= 0.3 is 0 Å². The van der Waals surface area contributed by atoms with Crippen LogP contribution in [0.5, 0.6) is 0 Å². The number of aromatic nitrogens is 3. The van der Waals surface area contributed by atoms with Crippen LogP contribution in [-0.4, -0.2) is 43.0 Å². The highest BCUT2D eigenvalue weighted by molar-refractivity contribution is 7.89. The van der Waals surface area contributed by atoms with Crippen LogP contribution in [0.25, 0.3) is 22.5 Å². The van der Waals surface area contributed by atoms with Gasteiger partial charge in [-0.3, -0.25) is 4.98 Å². The molecule has 1 atom stereocenters. The second-order valence-corrected chi connectivity index (χ2v) is 9.63. The van der Waals surface area contributed by atoms with E-state index in [9.17, 15) is 8.42 Å². The molecule has 10 heteroatoms. The first-order chi connectivity index (χ1) is 14.8. The topological polar surface area (TPSA) is 123 Å². The lowest BCUT2D eigenvalue weighted by Gasteiger charge is -2.13. The predicted octanol–water partition coefficient (Wildman–Crippen LogP) is 2.41. The quantitative estimate of drug-likeness (QED) is 0.503. The summed E-state index contributed by atoms with van der Waals surface area (Å²) < 4.78 is 28.5. The van der Waals surface area contributed by atoms with Crippen molar-refractivity contribution in [3.63, 3.8) is 0 Å². The van der Waals surface area contributed by atoms with E-state index < -0.39 is 10.0 Å². The largest absolute Gasteiger partial charge is 0.382 e. The fourth-order valence-electron chi connectivity index (χ4n) is 3.68. The van der Waals surface area contributed by atoms with Crippen molar-refractivity contribution >= 4 is 29.3 Å². The lowest BCUT2D eigenvalue weighted by Crippen LogP contribution is -2.30. The maximum absolute atomic E-state index is 12.9. The molecule has 0 radical (unpaired) electrons. The molecule has 0 amide bonds. The number of hydrogen-bond donors (Lipinski definition) is 3. The summed E-state index contributed by atoms with van der Waals surface area (Å²) in [5.74, 6) is 0.622. The Kier molecular flexibility index (Phi) is 7.50. The first-order valence-corrected chi connectivity index (χ1v) is 11.7. The highest BCUT2D eigenvalue weighted by Crippen LogP contribution is 2.29. The van der Waals surface area contributed by atoms with Crippen LogP contribution in [0.3, 0.4) is 0 Å². The van der Waals surface area contributed by atoms with Gasteiger partial charge in [0.25, 0.3) is 0 Å². The van der Waals surface area contributed by atoms with Crippen molar-refractivity contribution in [2.45, 2.75) is 25.2 Å². The molecule has 3 heterocycles. The summed E-state index contributed by atoms with van der Waals surface area (Å²) >= 11 is 0. The lowest BCUT2D eigenvalue weighted by atomic mass is 10.1. The number of nitrogen functional groups attached to an aromatic ring is 1. The minimum absolute atomic E-state index is 0. The summed E-state index contributed by atoms with van der Waals surface area (Å²) in [5, 5.41) is 3.25. The Labute approximate surface area is 195 Å². The highest BCUT2D eigenvalue weighted by atomic mass is 32.2. The number of aryl methyl sites for hydroxylation is 2. The van der Waals surface area contributed by atoms with Crippen molar-refractivity contribution in [1.82, 2.24) is 25.0 Å². The van der Waals surface area contributed by atoms with Crippen LogP contribution in [0.4, 0.5) is 5.82 Å². The van der Waals surface area contributed by atoms with E-state index in [-0.39, 0.29) is 18.4 Å². The third-order valence-electron chi connectivity index (χ3n) is 5.49. The molecule has 0 bridgehead atoms. The maximum atomic E-state index is 12.9. The number of rotatable bonds is 6. The Morgan fingerprint density at radius 2 is 2.00 bits per heavy atom. The van der Waals surface area contributed by atoms with Gasteiger partial charge < -0.3 is 11.1 Å². The second-order valence-electron chi connectivity index (χ2n) is 7.86. The van der Waals surface area contributed by atoms with Crippen LogP contribution in [-0.2, 0) is 10.0 Å². The van der Waals surface area contributed by atoms with Gasteiger partial charge in [-0.25, -0.2) is 23.1 Å². The van der Waals surface area contributed by atoms with Crippen molar-refractivity contribution in [2.24, 2.45) is 5.92 Å². The lowest BCUT2D eigenvalue weighted by molar-refractivity contribution is 0.539. The molecule has 4 rings (SSSR count). The van der Waals surface area contributed by atoms with Crippen LogP contribution in [0, 0.1) is 19.8 Å². The van der Waals surface area contributed by atoms with Crippen LogP contribution in [0.2, 0.25) is 0 Å². The molecule has 2 aromatic heterocycles. The fourth-order valence-corrected chi connectivity index (χ4v) is 4.82. The number of sulfonamides is 1. The van der Waals surface area contributed by atoms with Gasteiger partial charge in [-0.05, 0) is 69.1 Å². The van der Waals surface area contributed by atoms with Gasteiger partial charge in [0.05, 0.1) is 16.8 Å². The molecule has 0 spiro atoms. The van der Waals surface area contributed by atoms with Crippen molar-refractivity contribution in [2.75, 3.05) is 25.4 Å². The van der Waals surface area contributed by atoms with E-state index in [1.807, 2.05) is 26.0 Å². The number of hydrogen-bond acceptors (Lipinski definition) is 7. The Bertz CT molecular complexity index is 1210. The van der Waals surface area contributed by atoms with Gasteiger partial charge in [0.2, 0.25) is 10.0 Å². The Morgan fingerprint density at radius 1 is 1.19 bits per heavy atom. The molecular formula is C22H28N6O2S2. The average molecular weight is 473 g/mol. The van der Waals surface area contributed by atoms with Gasteiger partial charge in [-0.1, -0.05) is 6.07 Å². The van der Waals surface area contributed by atoms with E-state index in [0.29, 0.717) is 35.2 Å². The number of nitrogens with one attached hydrogen (secondary N) is 2. The fraction of sp³-hybridized carbons (Fsp3) is 0.318. The second kappa shape index (κ2) is 9.95. The number of nitrogens with two attached hydrogens (primary N) is 1. The van der Waals surface area contributed by atoms with E-state index in [1.165, 1.54) is 0 Å². The van der Waals surface area contributed by atoms with E-state index in [0.717, 1.165) is 36.3 Å². The average Bonchev–Trinajstić information content (AvgIpc) is 3.27. The number of nitrogens with zero attached hydrogens (tertiary/aromatic N) is 3. The smallest absolute Gasteiger partial charge is 0.240 e. The van der Waals surface area contributed by atoms with Crippen molar-refractivity contribution < 1.29 is 8.42 Å². The van der Waals surface area contributed by atoms with Gasteiger partial charge in [-0.2, -0.15) is 13.5 Å². The summed E-state index contributed by atoms with van der Waals surface area (Å²) in [5.41, 5.74) is 10.4. The summed E-state index contributed by atoms with van der Waals surface area (Å²) in [4.78, 5) is 13.4. The first-order valence-electron chi connectivity index (χ1n) is 10.2. The Balaban J connectivity index is 0.00000289. The molecule has 0 aliphatic carbocycles. The minimum atomic E-state index is -3.63. The molecular weight excluding hydrogens is 444 g/mol. The summed E-state index contributed by atoms with van der Waals surface area (Å²) in [6, 6.07) is 8.76. The van der Waals surface area contributed by atoms with Crippen LogP contribution in [0.1, 0.15) is 17.7 Å². The molecule has 32 heavy (non-hydrogen) atoms. The molecule has 0 unspecified atom stereocenters. The van der Waals surface area contributed by atoms with E-state index in [2.05, 4.69) is 20.0 Å². The number of benzene rings is 1. The minimum Gasteiger partial charge on any atom is -0.382 e. The van der Waals surface area contributed by atoms with Crippen molar-refractivity contribution in [3.8, 4) is 22.5 Å². The van der Waals surface area contributed by atoms with Gasteiger partial charge in [-0.15, -0.1) is 0 Å². The van der Waals surface area contributed by atoms with Crippen LogP contribution >= 0.6 is 13.5 Å². The van der Waals surface area contributed by atoms with Crippen molar-refractivity contribution in [1.29, 1.82) is 0 Å². The van der Waals surface area contributed by atoms with Crippen LogP contribution < -0.4 is 15.8 Å². The van der Waals surface area contributed by atoms with Gasteiger partial charge in [0.1, 0.15) is 11.5 Å². The monoisotopic (exact) mass is 472 g/mol. The Hall–Kier alpha value is -2.53. The zero-order chi connectivity index (χ0) is 22.0. The molecule has 3 aromatic rings. The highest BCUT2D eigenvalue weighted by Gasteiger charge is 2.21. The normalized spacial score (nSPS) is 16.0. The molecule has 4 N–H and O–H groups in total. The third-order valence-corrected chi connectivity index (χ3v) is 6.91. The SMILES string of the molecule is Cc1cc(-c2nc(-c3cc(S(=O)(=O)NC[C@H]4CCNC4)ccc3C)cnc2N)ccn1.S. The summed E-state index contributed by atoms with van der Waals surface area (Å²) in [6.07, 6.45) is 4.24. The zero-order valence-corrected chi connectivity index (χ0v) is 19.9. The molecule has 1 aliphatic rings. The van der Waals surface area contributed by atoms with Gasteiger partial charge in [0.15, 0.2) is 0 Å². The van der Waals surface area contributed by atoms with E-state index in [4.69, 9.17) is 10.7 Å². The molecule has 170 valence electrons. The zero-order valence-electron chi connectivity index (χ0n) is 18.1. The van der Waals surface area contributed by atoms with E-state index in [1.54, 1.807) is 30.6 Å². The number of pyridine rings is 1. The summed E-state index contributed by atoms with van der Waals surface area (Å²) in [6.45, 7) is 5.99. The number of anilines is 1. The van der Waals surface area contributed by atoms with E-state index >= 15 is 0 Å². The molecule has 0 saturated carbocycles. The summed E-state index contributed by atoms with van der Waals surface area (Å²) in [7, 11) is -3.63. The Morgan fingerprint density at radius 3 is 2.72 bits per heavy atom. The molecule has 1 saturated heterocycles. The molecule has 1 fully saturated rings. The maximum Gasteiger partial charge on any atom is 0.240 e.